The molecule has 3 aromatic rings. The van der Waals surface area contributed by atoms with Crippen LogP contribution in [0.15, 0.2) is 66.0 Å². The van der Waals surface area contributed by atoms with Crippen molar-refractivity contribution < 1.29 is 4.18 Å². The minimum Gasteiger partial charge on any atom is -0.449 e. The lowest BCUT2D eigenvalue weighted by atomic mass is 9.95. The Kier molecular flexibility index (Phi) is 4.24. The molecule has 124 valence electrons. The monoisotopic (exact) mass is 339 g/mol. The van der Waals surface area contributed by atoms with Crippen LogP contribution < -0.4 is 5.56 Å². The Hall–Kier alpha value is -2.46. The van der Waals surface area contributed by atoms with E-state index in [2.05, 4.69) is 11.6 Å². The summed E-state index contributed by atoms with van der Waals surface area (Å²) in [7, 11) is -1.29. The van der Waals surface area contributed by atoms with Crippen LogP contribution in [0.2, 0.25) is 0 Å². The fraction of sp³-hybridized carbons (Fsp3) is 0.150. The van der Waals surface area contributed by atoms with Gasteiger partial charge >= 0.3 is 0 Å². The fourth-order valence-corrected chi connectivity index (χ4v) is 3.44. The summed E-state index contributed by atoms with van der Waals surface area (Å²) in [5.41, 5.74) is 2.97. The molecule has 0 aliphatic rings. The van der Waals surface area contributed by atoms with E-state index in [1.165, 1.54) is 0 Å². The number of aromatic amines is 1. The lowest BCUT2D eigenvalue weighted by molar-refractivity contribution is 0.587. The van der Waals surface area contributed by atoms with Crippen LogP contribution in [0.4, 0.5) is 0 Å². The Morgan fingerprint density at radius 2 is 1.62 bits per heavy atom. The van der Waals surface area contributed by atoms with Crippen LogP contribution in [-0.2, 0) is 4.18 Å². The van der Waals surface area contributed by atoms with Crippen molar-refractivity contribution >= 4 is 27.0 Å². The first-order valence-electron chi connectivity index (χ1n) is 7.64. The largest absolute Gasteiger partial charge is 0.449 e. The number of aromatic nitrogens is 1. The van der Waals surface area contributed by atoms with E-state index in [4.69, 9.17) is 4.18 Å². The SMILES string of the molecule is C=C(OS(C)(C)C)c1c(-c2ccccc2)c2ccccc2[nH]c1=O. The van der Waals surface area contributed by atoms with Gasteiger partial charge < -0.3 is 9.17 Å². The summed E-state index contributed by atoms with van der Waals surface area (Å²) in [5.74, 6) is 0.420. The third-order valence-corrected chi connectivity index (χ3v) is 4.31. The quantitative estimate of drug-likeness (QED) is 0.694. The first-order chi connectivity index (χ1) is 11.4. The van der Waals surface area contributed by atoms with Crippen molar-refractivity contribution in [3.8, 4) is 11.1 Å². The van der Waals surface area contributed by atoms with Crippen LogP contribution in [0.3, 0.4) is 0 Å². The minimum atomic E-state index is -1.29. The van der Waals surface area contributed by atoms with Gasteiger partial charge in [0.1, 0.15) is 5.76 Å². The number of para-hydroxylation sites is 1. The first-order valence-corrected chi connectivity index (χ1v) is 10.4. The van der Waals surface area contributed by atoms with Crippen LogP contribution in [0.25, 0.3) is 27.8 Å². The zero-order valence-corrected chi connectivity index (χ0v) is 14.9. The standard InChI is InChI=1S/C20H21NO2S/c1-14(23-24(2,3)4)18-19(15-10-6-5-7-11-15)16-12-8-9-13-17(16)21-20(18)22/h5-13H,1H2,2-4H3,(H,21,22). The van der Waals surface area contributed by atoms with E-state index in [1.807, 2.05) is 73.4 Å². The van der Waals surface area contributed by atoms with Gasteiger partial charge in [-0.05, 0) is 30.4 Å². The summed E-state index contributed by atoms with van der Waals surface area (Å²) in [6.07, 6.45) is 6.07. The number of H-pyrrole nitrogens is 1. The molecule has 0 bridgehead atoms. The number of nitrogens with one attached hydrogen (secondary N) is 1. The van der Waals surface area contributed by atoms with E-state index >= 15 is 0 Å². The summed E-state index contributed by atoms with van der Waals surface area (Å²) >= 11 is 0. The molecule has 3 rings (SSSR count). The van der Waals surface area contributed by atoms with Crippen molar-refractivity contribution in [1.82, 2.24) is 4.98 Å². The number of hydrogen-bond donors (Lipinski definition) is 1. The second-order valence-electron chi connectivity index (χ2n) is 6.35. The highest BCUT2D eigenvalue weighted by Gasteiger charge is 2.20. The van der Waals surface area contributed by atoms with Gasteiger partial charge in [0, 0.05) is 16.5 Å². The maximum absolute atomic E-state index is 12.8. The highest BCUT2D eigenvalue weighted by molar-refractivity contribution is 8.28. The maximum atomic E-state index is 12.8. The summed E-state index contributed by atoms with van der Waals surface area (Å²) in [6, 6.07) is 17.7. The molecule has 0 spiro atoms. The van der Waals surface area contributed by atoms with Crippen LogP contribution in [0, 0.1) is 0 Å². The van der Waals surface area contributed by atoms with Gasteiger partial charge in [-0.25, -0.2) is 0 Å². The Bertz CT molecular complexity index is 953. The molecule has 1 N–H and O–H groups in total. The zero-order chi connectivity index (χ0) is 17.3. The molecule has 0 saturated carbocycles. The van der Waals surface area contributed by atoms with Gasteiger partial charge in [-0.15, -0.1) is 10.3 Å². The van der Waals surface area contributed by atoms with Crippen LogP contribution >= 0.6 is 10.3 Å². The normalized spacial score (nSPS) is 12.1. The summed E-state index contributed by atoms with van der Waals surface area (Å²) in [6.45, 7) is 4.04. The molecule has 2 aromatic carbocycles. The molecule has 0 aliphatic carbocycles. The van der Waals surface area contributed by atoms with Crippen LogP contribution in [-0.4, -0.2) is 23.8 Å². The van der Waals surface area contributed by atoms with Crippen molar-refractivity contribution in [2.24, 2.45) is 0 Å². The smallest absolute Gasteiger partial charge is 0.260 e. The molecule has 0 unspecified atom stereocenters. The molecule has 1 heterocycles. The molecule has 0 fully saturated rings. The maximum Gasteiger partial charge on any atom is 0.260 e. The fourth-order valence-electron chi connectivity index (χ4n) is 2.76. The van der Waals surface area contributed by atoms with Gasteiger partial charge in [-0.2, -0.15) is 0 Å². The van der Waals surface area contributed by atoms with Crippen LogP contribution in [0.5, 0.6) is 0 Å². The zero-order valence-electron chi connectivity index (χ0n) is 14.1. The predicted molar refractivity (Wildman–Crippen MR) is 105 cm³/mol. The topological polar surface area (TPSA) is 42.1 Å². The molecule has 0 aliphatic heterocycles. The molecular formula is C20H21NO2S. The molecule has 0 saturated heterocycles. The highest BCUT2D eigenvalue weighted by Crippen LogP contribution is 2.43. The molecular weight excluding hydrogens is 318 g/mol. The van der Waals surface area contributed by atoms with Crippen molar-refractivity contribution in [3.63, 3.8) is 0 Å². The molecule has 0 atom stereocenters. The number of benzene rings is 2. The van der Waals surface area contributed by atoms with Crippen molar-refractivity contribution in [2.75, 3.05) is 18.8 Å². The Morgan fingerprint density at radius 3 is 2.29 bits per heavy atom. The van der Waals surface area contributed by atoms with Gasteiger partial charge in [-0.1, -0.05) is 55.1 Å². The average Bonchev–Trinajstić information content (AvgIpc) is 2.52. The number of hydrogen-bond acceptors (Lipinski definition) is 2. The van der Waals surface area contributed by atoms with Gasteiger partial charge in [-0.3, -0.25) is 4.79 Å². The second-order valence-corrected chi connectivity index (χ2v) is 9.96. The van der Waals surface area contributed by atoms with E-state index in [0.29, 0.717) is 11.3 Å². The van der Waals surface area contributed by atoms with Gasteiger partial charge in [0.15, 0.2) is 0 Å². The Balaban J connectivity index is 2.34. The average molecular weight is 339 g/mol. The molecule has 24 heavy (non-hydrogen) atoms. The molecule has 1 aromatic heterocycles. The Morgan fingerprint density at radius 1 is 1.00 bits per heavy atom. The van der Waals surface area contributed by atoms with Crippen molar-refractivity contribution in [2.45, 2.75) is 0 Å². The Labute approximate surface area is 143 Å². The highest BCUT2D eigenvalue weighted by atomic mass is 32.3. The van der Waals surface area contributed by atoms with Crippen molar-refractivity contribution in [3.05, 3.63) is 77.1 Å². The van der Waals surface area contributed by atoms with E-state index in [9.17, 15) is 4.79 Å². The summed E-state index contributed by atoms with van der Waals surface area (Å²) in [4.78, 5) is 15.7. The first kappa shape index (κ1) is 16.4. The van der Waals surface area contributed by atoms with Gasteiger partial charge in [0.25, 0.3) is 5.56 Å². The minimum absolute atomic E-state index is 0.179. The second kappa shape index (κ2) is 6.21. The van der Waals surface area contributed by atoms with Gasteiger partial charge in [0.05, 0.1) is 5.56 Å². The van der Waals surface area contributed by atoms with Gasteiger partial charge in [0.2, 0.25) is 0 Å². The number of fused-ring (bicyclic) bond motifs is 1. The summed E-state index contributed by atoms with van der Waals surface area (Å²) in [5, 5.41) is 0.979. The third-order valence-electron chi connectivity index (χ3n) is 3.61. The predicted octanol–water partition coefficient (Wildman–Crippen LogP) is 4.79. The molecule has 4 heteroatoms. The van der Waals surface area contributed by atoms with E-state index in [0.717, 1.165) is 22.0 Å². The van der Waals surface area contributed by atoms with Crippen molar-refractivity contribution in [1.29, 1.82) is 0 Å². The number of pyridine rings is 1. The lowest BCUT2D eigenvalue weighted by Gasteiger charge is -2.28. The molecule has 0 radical (unpaired) electrons. The van der Waals surface area contributed by atoms with E-state index < -0.39 is 10.3 Å². The lowest BCUT2D eigenvalue weighted by Crippen LogP contribution is -2.15. The van der Waals surface area contributed by atoms with E-state index in [-0.39, 0.29) is 5.56 Å². The number of rotatable bonds is 4. The summed E-state index contributed by atoms with van der Waals surface area (Å²) < 4.78 is 5.98. The molecule has 3 nitrogen and oxygen atoms in total. The third kappa shape index (κ3) is 3.24. The van der Waals surface area contributed by atoms with E-state index in [1.54, 1.807) is 0 Å². The van der Waals surface area contributed by atoms with Crippen LogP contribution in [0.1, 0.15) is 5.56 Å². The molecule has 0 amide bonds.